The predicted molar refractivity (Wildman–Crippen MR) is 78.7 cm³/mol. The van der Waals surface area contributed by atoms with E-state index in [2.05, 4.69) is 11.9 Å². The number of halogens is 1. The van der Waals surface area contributed by atoms with Crippen LogP contribution in [0.15, 0.2) is 53.9 Å². The van der Waals surface area contributed by atoms with Crippen LogP contribution in [0.4, 0.5) is 5.69 Å². The zero-order valence-electron chi connectivity index (χ0n) is 10.6. The molecule has 4 heteroatoms. The largest absolute Gasteiger partial charge is 0.265 e. The molecule has 2 aromatic rings. The summed E-state index contributed by atoms with van der Waals surface area (Å²) in [5.41, 5.74) is 3.24. The van der Waals surface area contributed by atoms with Crippen LogP contribution in [0.1, 0.15) is 12.5 Å². The van der Waals surface area contributed by atoms with E-state index < -0.39 is 0 Å². The van der Waals surface area contributed by atoms with Gasteiger partial charge >= 0.3 is 0 Å². The van der Waals surface area contributed by atoms with E-state index in [1.807, 2.05) is 47.6 Å². The first kappa shape index (κ1) is 12.2. The maximum Gasteiger partial charge on any atom is 0.0743 e. The first-order chi connectivity index (χ1) is 9.24. The maximum atomic E-state index is 5.91. The average molecular weight is 272 g/mol. The maximum absolute atomic E-state index is 5.91. The molecule has 0 aliphatic carbocycles. The number of rotatable bonds is 2. The lowest BCUT2D eigenvalue weighted by Gasteiger charge is -2.14. The Kier molecular flexibility index (Phi) is 3.22. The molecular weight excluding hydrogens is 258 g/mol. The van der Waals surface area contributed by atoms with Crippen molar-refractivity contribution in [3.05, 3.63) is 59.4 Å². The zero-order chi connectivity index (χ0) is 13.2. The molecule has 0 radical (unpaired) electrons. The lowest BCUT2D eigenvalue weighted by Crippen LogP contribution is -2.17. The highest BCUT2D eigenvalue weighted by Crippen LogP contribution is 2.25. The summed E-state index contributed by atoms with van der Waals surface area (Å²) in [4.78, 5) is 4.16. The van der Waals surface area contributed by atoms with Crippen molar-refractivity contribution in [2.24, 2.45) is 11.0 Å². The first-order valence-corrected chi connectivity index (χ1v) is 6.64. The van der Waals surface area contributed by atoms with Crippen LogP contribution in [0.5, 0.6) is 0 Å². The molecule has 1 aromatic heterocycles. The number of hydrogen-bond acceptors (Lipinski definition) is 3. The Morgan fingerprint density at radius 2 is 2.00 bits per heavy atom. The monoisotopic (exact) mass is 271 g/mol. The third kappa shape index (κ3) is 2.47. The van der Waals surface area contributed by atoms with Crippen LogP contribution in [0.3, 0.4) is 0 Å². The number of aromatic nitrogens is 1. The Balaban J connectivity index is 1.91. The zero-order valence-corrected chi connectivity index (χ0v) is 11.4. The molecule has 1 aliphatic rings. The van der Waals surface area contributed by atoms with Crippen molar-refractivity contribution in [1.82, 2.24) is 4.98 Å². The normalized spacial score (nSPS) is 18.5. The van der Waals surface area contributed by atoms with Gasteiger partial charge in [0.25, 0.3) is 0 Å². The fourth-order valence-electron chi connectivity index (χ4n) is 2.25. The molecule has 0 fully saturated rings. The van der Waals surface area contributed by atoms with Crippen LogP contribution in [0.25, 0.3) is 0 Å². The molecule has 3 nitrogen and oxygen atoms in total. The molecule has 0 saturated carbocycles. The van der Waals surface area contributed by atoms with Gasteiger partial charge in [0.15, 0.2) is 0 Å². The van der Waals surface area contributed by atoms with Crippen LogP contribution >= 0.6 is 11.6 Å². The lowest BCUT2D eigenvalue weighted by atomic mass is 10.0. The standard InChI is InChI=1S/C15H14ClN3/c1-11-10-19(14-6-4-13(16)5-7-14)18-15(11)12-3-2-8-17-9-12/h2-9,11H,10H2,1H3. The van der Waals surface area contributed by atoms with Crippen LogP contribution in [0.2, 0.25) is 5.02 Å². The van der Waals surface area contributed by atoms with Gasteiger partial charge in [-0.3, -0.25) is 9.99 Å². The fraction of sp³-hybridized carbons (Fsp3) is 0.200. The predicted octanol–water partition coefficient (Wildman–Crippen LogP) is 3.60. The summed E-state index contributed by atoms with van der Waals surface area (Å²) in [5.74, 6) is 0.389. The minimum atomic E-state index is 0.389. The third-order valence-corrected chi connectivity index (χ3v) is 3.48. The first-order valence-electron chi connectivity index (χ1n) is 6.26. The van der Waals surface area contributed by atoms with Gasteiger partial charge in [-0.15, -0.1) is 0 Å². The smallest absolute Gasteiger partial charge is 0.0743 e. The van der Waals surface area contributed by atoms with E-state index in [0.29, 0.717) is 5.92 Å². The number of anilines is 1. The summed E-state index contributed by atoms with van der Waals surface area (Å²) in [6.45, 7) is 3.06. The van der Waals surface area contributed by atoms with E-state index in [0.717, 1.165) is 28.5 Å². The summed E-state index contributed by atoms with van der Waals surface area (Å²) in [7, 11) is 0. The molecule has 1 unspecified atom stereocenters. The Morgan fingerprint density at radius 3 is 2.68 bits per heavy atom. The van der Waals surface area contributed by atoms with Crippen molar-refractivity contribution in [3.63, 3.8) is 0 Å². The summed E-state index contributed by atoms with van der Waals surface area (Å²) in [6.07, 6.45) is 3.64. The minimum absolute atomic E-state index is 0.389. The van der Waals surface area contributed by atoms with E-state index in [1.54, 1.807) is 6.20 Å². The number of hydrogen-bond donors (Lipinski definition) is 0. The molecular formula is C15H14ClN3. The van der Waals surface area contributed by atoms with Crippen molar-refractivity contribution in [1.29, 1.82) is 0 Å². The molecule has 0 N–H and O–H groups in total. The molecule has 1 aromatic carbocycles. The number of hydrazone groups is 1. The summed E-state index contributed by atoms with van der Waals surface area (Å²) < 4.78 is 0. The summed E-state index contributed by atoms with van der Waals surface area (Å²) in [5, 5.41) is 7.47. The SMILES string of the molecule is CC1CN(c2ccc(Cl)cc2)N=C1c1cccnc1. The van der Waals surface area contributed by atoms with Gasteiger partial charge < -0.3 is 0 Å². The van der Waals surface area contributed by atoms with Gasteiger partial charge in [-0.1, -0.05) is 18.5 Å². The molecule has 96 valence electrons. The molecule has 0 amide bonds. The minimum Gasteiger partial charge on any atom is -0.265 e. The summed E-state index contributed by atoms with van der Waals surface area (Å²) >= 11 is 5.91. The highest BCUT2D eigenvalue weighted by molar-refractivity contribution is 6.30. The second-order valence-corrected chi connectivity index (χ2v) is 5.12. The van der Waals surface area contributed by atoms with Gasteiger partial charge in [0, 0.05) is 35.4 Å². The average Bonchev–Trinajstić information content (AvgIpc) is 2.83. The molecule has 19 heavy (non-hydrogen) atoms. The quantitative estimate of drug-likeness (QED) is 0.835. The Labute approximate surface area is 117 Å². The van der Waals surface area contributed by atoms with E-state index in [4.69, 9.17) is 16.7 Å². The Hall–Kier alpha value is -1.87. The van der Waals surface area contributed by atoms with Crippen LogP contribution in [-0.4, -0.2) is 17.2 Å². The number of nitrogens with zero attached hydrogens (tertiary/aromatic N) is 3. The van der Waals surface area contributed by atoms with Crippen molar-refractivity contribution in [3.8, 4) is 0 Å². The molecule has 0 spiro atoms. The van der Waals surface area contributed by atoms with Crippen molar-refractivity contribution in [2.45, 2.75) is 6.92 Å². The topological polar surface area (TPSA) is 28.5 Å². The van der Waals surface area contributed by atoms with E-state index >= 15 is 0 Å². The van der Waals surface area contributed by atoms with E-state index in [1.165, 1.54) is 0 Å². The lowest BCUT2D eigenvalue weighted by molar-refractivity contribution is 0.775. The summed E-state index contributed by atoms with van der Waals surface area (Å²) in [6, 6.07) is 11.7. The third-order valence-electron chi connectivity index (χ3n) is 3.22. The van der Waals surface area contributed by atoms with Gasteiger partial charge in [0.05, 0.1) is 11.4 Å². The molecule has 3 rings (SSSR count). The van der Waals surface area contributed by atoms with Crippen LogP contribution in [-0.2, 0) is 0 Å². The molecule has 1 atom stereocenters. The van der Waals surface area contributed by atoms with Crippen LogP contribution in [0, 0.1) is 5.92 Å². The Bertz CT molecular complexity index is 593. The number of pyridine rings is 1. The van der Waals surface area contributed by atoms with Crippen LogP contribution < -0.4 is 5.01 Å². The van der Waals surface area contributed by atoms with Crippen molar-refractivity contribution < 1.29 is 0 Å². The van der Waals surface area contributed by atoms with Gasteiger partial charge in [-0.2, -0.15) is 5.10 Å². The van der Waals surface area contributed by atoms with Gasteiger partial charge in [-0.25, -0.2) is 0 Å². The van der Waals surface area contributed by atoms with Gasteiger partial charge in [-0.05, 0) is 36.4 Å². The second-order valence-electron chi connectivity index (χ2n) is 4.69. The molecule has 0 bridgehead atoms. The van der Waals surface area contributed by atoms with E-state index in [9.17, 15) is 0 Å². The van der Waals surface area contributed by atoms with Crippen molar-refractivity contribution in [2.75, 3.05) is 11.6 Å². The molecule has 1 aliphatic heterocycles. The highest BCUT2D eigenvalue weighted by Gasteiger charge is 2.24. The molecule has 0 saturated heterocycles. The fourth-order valence-corrected chi connectivity index (χ4v) is 2.37. The number of benzene rings is 1. The second kappa shape index (κ2) is 5.02. The highest BCUT2D eigenvalue weighted by atomic mass is 35.5. The van der Waals surface area contributed by atoms with Gasteiger partial charge in [0.2, 0.25) is 0 Å². The Morgan fingerprint density at radius 1 is 1.21 bits per heavy atom. The van der Waals surface area contributed by atoms with Gasteiger partial charge in [0.1, 0.15) is 0 Å². The van der Waals surface area contributed by atoms with Crippen molar-refractivity contribution >= 4 is 23.0 Å². The van der Waals surface area contributed by atoms with E-state index in [-0.39, 0.29) is 0 Å². The molecule has 2 heterocycles.